The van der Waals surface area contributed by atoms with Crippen molar-refractivity contribution in [3.8, 4) is 0 Å². The maximum Gasteiger partial charge on any atom is 0.188 e. The van der Waals surface area contributed by atoms with Gasteiger partial charge >= 0.3 is 0 Å². The topological polar surface area (TPSA) is 71.5 Å². The van der Waals surface area contributed by atoms with Gasteiger partial charge in [0.1, 0.15) is 0 Å². The van der Waals surface area contributed by atoms with Crippen molar-refractivity contribution >= 4 is 5.96 Å². The minimum absolute atomic E-state index is 0.186. The van der Waals surface area contributed by atoms with E-state index in [0.717, 1.165) is 5.56 Å². The number of hydrogen-bond donors (Lipinski definition) is 2. The number of hydrogen-bond acceptors (Lipinski definition) is 3. The van der Waals surface area contributed by atoms with E-state index in [4.69, 9.17) is 5.73 Å². The smallest absolute Gasteiger partial charge is 0.188 e. The first-order chi connectivity index (χ1) is 8.40. The molecule has 0 saturated heterocycles. The van der Waals surface area contributed by atoms with Gasteiger partial charge in [-0.3, -0.25) is 9.67 Å². The average molecular weight is 252 g/mol. The fourth-order valence-corrected chi connectivity index (χ4v) is 1.71. The van der Waals surface area contributed by atoms with Gasteiger partial charge in [-0.05, 0) is 27.9 Å². The van der Waals surface area contributed by atoms with E-state index >= 15 is 0 Å². The maximum absolute atomic E-state index is 5.81. The molecule has 0 spiro atoms. The number of aromatic nitrogens is 2. The van der Waals surface area contributed by atoms with Crippen molar-refractivity contribution < 1.29 is 0 Å². The summed E-state index contributed by atoms with van der Waals surface area (Å²) in [5, 5.41) is 7.27. The van der Waals surface area contributed by atoms with Gasteiger partial charge in [-0.25, -0.2) is 0 Å². The standard InChI is InChI=1S/C12H24N6/c1-9(2)16-12(13)14-7-11(17(3)4)10-6-15-18(5)8-10/h6,8-9,11H,7H2,1-5H3,(H3,13,14,16). The first-order valence-electron chi connectivity index (χ1n) is 6.11. The highest BCUT2D eigenvalue weighted by Crippen LogP contribution is 2.17. The second-order valence-electron chi connectivity index (χ2n) is 4.95. The minimum atomic E-state index is 0.186. The van der Waals surface area contributed by atoms with Crippen LogP contribution >= 0.6 is 0 Å². The van der Waals surface area contributed by atoms with Crippen LogP contribution in [0.5, 0.6) is 0 Å². The molecule has 0 fully saturated rings. The summed E-state index contributed by atoms with van der Waals surface area (Å²) < 4.78 is 1.80. The third-order valence-corrected chi connectivity index (χ3v) is 2.60. The van der Waals surface area contributed by atoms with Crippen LogP contribution in [0.1, 0.15) is 25.5 Å². The van der Waals surface area contributed by atoms with Crippen LogP contribution in [0.15, 0.2) is 17.4 Å². The summed E-state index contributed by atoms with van der Waals surface area (Å²) >= 11 is 0. The first kappa shape index (κ1) is 14.5. The Balaban J connectivity index is 2.70. The molecule has 1 atom stereocenters. The molecule has 6 nitrogen and oxygen atoms in total. The Labute approximate surface area is 109 Å². The molecular formula is C12H24N6. The number of aryl methyl sites for hydroxylation is 1. The Kier molecular flexibility index (Phi) is 5.15. The summed E-state index contributed by atoms with van der Waals surface area (Å²) in [6, 6.07) is 0.483. The molecule has 0 saturated carbocycles. The van der Waals surface area contributed by atoms with Crippen molar-refractivity contribution in [3.63, 3.8) is 0 Å². The van der Waals surface area contributed by atoms with Crippen molar-refractivity contribution in [2.24, 2.45) is 17.8 Å². The molecule has 1 heterocycles. The van der Waals surface area contributed by atoms with Crippen molar-refractivity contribution in [2.75, 3.05) is 20.6 Å². The first-order valence-corrected chi connectivity index (χ1v) is 6.11. The van der Waals surface area contributed by atoms with Gasteiger partial charge in [0.25, 0.3) is 0 Å². The molecule has 1 aromatic heterocycles. The Morgan fingerprint density at radius 1 is 1.56 bits per heavy atom. The van der Waals surface area contributed by atoms with E-state index in [9.17, 15) is 0 Å². The number of nitrogens with zero attached hydrogens (tertiary/aromatic N) is 4. The van der Waals surface area contributed by atoms with Gasteiger partial charge in [-0.2, -0.15) is 5.10 Å². The zero-order chi connectivity index (χ0) is 13.7. The summed E-state index contributed by atoms with van der Waals surface area (Å²) in [6.45, 7) is 4.68. The molecule has 3 N–H and O–H groups in total. The molecule has 0 amide bonds. The Morgan fingerprint density at radius 3 is 2.67 bits per heavy atom. The molecule has 6 heteroatoms. The predicted molar refractivity (Wildman–Crippen MR) is 74.4 cm³/mol. The Morgan fingerprint density at radius 2 is 2.22 bits per heavy atom. The van der Waals surface area contributed by atoms with Gasteiger partial charge in [0.2, 0.25) is 0 Å². The van der Waals surface area contributed by atoms with Gasteiger partial charge in [0.05, 0.1) is 18.8 Å². The van der Waals surface area contributed by atoms with Crippen LogP contribution < -0.4 is 11.1 Å². The lowest BCUT2D eigenvalue weighted by atomic mass is 10.1. The molecule has 102 valence electrons. The third-order valence-electron chi connectivity index (χ3n) is 2.60. The molecule has 1 rings (SSSR count). The van der Waals surface area contributed by atoms with E-state index in [0.29, 0.717) is 18.5 Å². The molecular weight excluding hydrogens is 228 g/mol. The number of rotatable bonds is 5. The lowest BCUT2D eigenvalue weighted by Crippen LogP contribution is -2.37. The van der Waals surface area contributed by atoms with Crippen LogP contribution in [0.2, 0.25) is 0 Å². The minimum Gasteiger partial charge on any atom is -0.370 e. The highest BCUT2D eigenvalue weighted by atomic mass is 15.2. The quantitative estimate of drug-likeness (QED) is 0.585. The van der Waals surface area contributed by atoms with Gasteiger partial charge in [0, 0.05) is 24.8 Å². The largest absolute Gasteiger partial charge is 0.370 e. The molecule has 1 unspecified atom stereocenters. The Hall–Kier alpha value is -1.56. The molecule has 0 aliphatic heterocycles. The fourth-order valence-electron chi connectivity index (χ4n) is 1.71. The normalized spacial score (nSPS) is 14.3. The van der Waals surface area contributed by atoms with Gasteiger partial charge < -0.3 is 16.0 Å². The molecule has 0 aliphatic carbocycles. The second-order valence-corrected chi connectivity index (χ2v) is 4.95. The van der Waals surface area contributed by atoms with Crippen LogP contribution in [0.25, 0.3) is 0 Å². The number of guanidine groups is 1. The zero-order valence-electron chi connectivity index (χ0n) is 11.9. The Bertz CT molecular complexity index is 393. The van der Waals surface area contributed by atoms with E-state index in [1.54, 1.807) is 4.68 Å². The predicted octanol–water partition coefficient (Wildman–Crippen LogP) is 0.336. The molecule has 0 aromatic carbocycles. The summed E-state index contributed by atoms with van der Waals surface area (Å²) in [5.41, 5.74) is 6.95. The lowest BCUT2D eigenvalue weighted by Gasteiger charge is -2.21. The van der Waals surface area contributed by atoms with E-state index < -0.39 is 0 Å². The lowest BCUT2D eigenvalue weighted by molar-refractivity contribution is 0.306. The summed E-state index contributed by atoms with van der Waals surface area (Å²) in [5.74, 6) is 0.487. The van der Waals surface area contributed by atoms with Crippen molar-refractivity contribution in [3.05, 3.63) is 18.0 Å². The van der Waals surface area contributed by atoms with E-state index in [1.165, 1.54) is 0 Å². The molecule has 0 bridgehead atoms. The number of nitrogens with two attached hydrogens (primary N) is 1. The third kappa shape index (κ3) is 4.37. The van der Waals surface area contributed by atoms with Crippen molar-refractivity contribution in [1.29, 1.82) is 0 Å². The van der Waals surface area contributed by atoms with E-state index in [-0.39, 0.29) is 6.04 Å². The number of likely N-dealkylation sites (N-methyl/N-ethyl adjacent to an activating group) is 1. The highest BCUT2D eigenvalue weighted by Gasteiger charge is 2.15. The average Bonchev–Trinajstić information content (AvgIpc) is 2.63. The van der Waals surface area contributed by atoms with Gasteiger partial charge in [-0.1, -0.05) is 0 Å². The van der Waals surface area contributed by atoms with E-state index in [1.807, 2.05) is 47.4 Å². The van der Waals surface area contributed by atoms with Crippen molar-refractivity contribution in [2.45, 2.75) is 25.9 Å². The monoisotopic (exact) mass is 252 g/mol. The van der Waals surface area contributed by atoms with Gasteiger partial charge in [-0.15, -0.1) is 0 Å². The molecule has 1 aromatic rings. The van der Waals surface area contributed by atoms with Gasteiger partial charge in [0.15, 0.2) is 5.96 Å². The summed E-state index contributed by atoms with van der Waals surface area (Å²) in [7, 11) is 5.96. The van der Waals surface area contributed by atoms with Crippen LogP contribution in [-0.4, -0.2) is 47.3 Å². The number of nitrogens with one attached hydrogen (secondary N) is 1. The molecule has 18 heavy (non-hydrogen) atoms. The van der Waals surface area contributed by atoms with Crippen LogP contribution in [-0.2, 0) is 7.05 Å². The van der Waals surface area contributed by atoms with E-state index in [2.05, 4.69) is 20.3 Å². The summed E-state index contributed by atoms with van der Waals surface area (Å²) in [4.78, 5) is 6.49. The summed E-state index contributed by atoms with van der Waals surface area (Å²) in [6.07, 6.45) is 3.87. The fraction of sp³-hybridized carbons (Fsp3) is 0.667. The second kappa shape index (κ2) is 6.39. The van der Waals surface area contributed by atoms with Crippen LogP contribution in [0.4, 0.5) is 0 Å². The molecule has 0 radical (unpaired) electrons. The SMILES string of the molecule is CC(C)NC(N)=NCC(c1cnn(C)c1)N(C)C. The number of aliphatic imine (C=N–C) groups is 1. The highest BCUT2D eigenvalue weighted by molar-refractivity contribution is 5.78. The maximum atomic E-state index is 5.81. The van der Waals surface area contributed by atoms with Crippen LogP contribution in [0.3, 0.4) is 0 Å². The van der Waals surface area contributed by atoms with Crippen molar-refractivity contribution in [1.82, 2.24) is 20.0 Å². The van der Waals surface area contributed by atoms with Crippen LogP contribution in [0, 0.1) is 0 Å². The molecule has 0 aliphatic rings. The zero-order valence-corrected chi connectivity index (χ0v) is 11.9.